The van der Waals surface area contributed by atoms with Crippen molar-refractivity contribution in [3.63, 3.8) is 0 Å². The van der Waals surface area contributed by atoms with Gasteiger partial charge >= 0.3 is 0 Å². The van der Waals surface area contributed by atoms with Gasteiger partial charge in [-0.25, -0.2) is 9.67 Å². The molecular formula is C19H30N6O. The molecule has 3 heterocycles. The van der Waals surface area contributed by atoms with E-state index in [1.807, 2.05) is 6.92 Å². The number of hydrogen-bond acceptors (Lipinski definition) is 4. The van der Waals surface area contributed by atoms with E-state index < -0.39 is 0 Å². The largest absolute Gasteiger partial charge is 0.377 e. The van der Waals surface area contributed by atoms with Crippen molar-refractivity contribution in [3.05, 3.63) is 11.6 Å². The number of fused-ring (bicyclic) bond motifs is 3. The molecular weight excluding hydrogens is 328 g/mol. The van der Waals surface area contributed by atoms with Crippen molar-refractivity contribution in [1.29, 1.82) is 0 Å². The summed E-state index contributed by atoms with van der Waals surface area (Å²) >= 11 is 0. The summed E-state index contributed by atoms with van der Waals surface area (Å²) in [4.78, 5) is 9.26. The first-order valence-electron chi connectivity index (χ1n) is 10.3. The van der Waals surface area contributed by atoms with Crippen LogP contribution >= 0.6 is 0 Å². The van der Waals surface area contributed by atoms with Gasteiger partial charge in [-0.1, -0.05) is 6.42 Å². The van der Waals surface area contributed by atoms with Gasteiger partial charge in [-0.15, -0.1) is 0 Å². The standard InChI is InChI=1S/C19H30N6O/c1-3-20-18(22-13-5-6-15-21-12(2)24-25(15)11-13)23-16-14-7-10-26-17(14)19(16)8-4-9-19/h13-14,16-17H,3-11H2,1-2H3,(H2,20,22,23). The Kier molecular flexibility index (Phi) is 3.95. The van der Waals surface area contributed by atoms with Crippen LogP contribution in [0.25, 0.3) is 0 Å². The van der Waals surface area contributed by atoms with Gasteiger partial charge in [0.05, 0.1) is 12.6 Å². The van der Waals surface area contributed by atoms with Crippen LogP contribution in [-0.2, 0) is 17.7 Å². The van der Waals surface area contributed by atoms with Crippen molar-refractivity contribution >= 4 is 5.96 Å². The predicted molar refractivity (Wildman–Crippen MR) is 99.0 cm³/mol. The van der Waals surface area contributed by atoms with Crippen molar-refractivity contribution in [2.24, 2.45) is 16.3 Å². The highest BCUT2D eigenvalue weighted by molar-refractivity contribution is 5.80. The summed E-state index contributed by atoms with van der Waals surface area (Å²) < 4.78 is 8.11. The predicted octanol–water partition coefficient (Wildman–Crippen LogP) is 1.41. The third-order valence-electron chi connectivity index (χ3n) is 6.95. The van der Waals surface area contributed by atoms with E-state index in [1.54, 1.807) is 0 Å². The maximum Gasteiger partial charge on any atom is 0.191 e. The number of aryl methyl sites for hydroxylation is 2. The first-order chi connectivity index (χ1) is 12.7. The van der Waals surface area contributed by atoms with Crippen LogP contribution in [-0.4, -0.2) is 52.1 Å². The number of nitrogens with zero attached hydrogens (tertiary/aromatic N) is 4. The molecule has 2 aliphatic heterocycles. The van der Waals surface area contributed by atoms with Crippen LogP contribution in [0.3, 0.4) is 0 Å². The van der Waals surface area contributed by atoms with E-state index in [-0.39, 0.29) is 0 Å². The molecule has 1 spiro atoms. The molecule has 4 aliphatic rings. The molecule has 7 nitrogen and oxygen atoms in total. The molecule has 142 valence electrons. The van der Waals surface area contributed by atoms with Gasteiger partial charge < -0.3 is 15.4 Å². The van der Waals surface area contributed by atoms with E-state index in [2.05, 4.69) is 32.3 Å². The molecule has 0 amide bonds. The van der Waals surface area contributed by atoms with Crippen LogP contribution in [0.1, 0.15) is 50.7 Å². The van der Waals surface area contributed by atoms with Gasteiger partial charge in [-0.3, -0.25) is 4.99 Å². The molecule has 2 N–H and O–H groups in total. The minimum atomic E-state index is 0.356. The molecule has 5 rings (SSSR count). The zero-order valence-corrected chi connectivity index (χ0v) is 15.9. The second-order valence-electron chi connectivity index (χ2n) is 8.41. The topological polar surface area (TPSA) is 76.4 Å². The van der Waals surface area contributed by atoms with E-state index in [1.165, 1.54) is 25.7 Å². The molecule has 1 saturated heterocycles. The number of nitrogens with one attached hydrogen (secondary N) is 2. The molecule has 7 heteroatoms. The summed E-state index contributed by atoms with van der Waals surface area (Å²) in [5.74, 6) is 3.62. The molecule has 1 aromatic rings. The lowest BCUT2D eigenvalue weighted by Gasteiger charge is -2.63. The summed E-state index contributed by atoms with van der Waals surface area (Å²) in [6.45, 7) is 6.66. The van der Waals surface area contributed by atoms with Crippen LogP contribution in [0.5, 0.6) is 0 Å². The average Bonchev–Trinajstić information content (AvgIpc) is 3.14. The summed E-state index contributed by atoms with van der Waals surface area (Å²) in [5.41, 5.74) is 0.375. The average molecular weight is 358 g/mol. The highest BCUT2D eigenvalue weighted by Crippen LogP contribution is 2.62. The van der Waals surface area contributed by atoms with Crippen LogP contribution in [0, 0.1) is 18.3 Å². The van der Waals surface area contributed by atoms with Crippen LogP contribution in [0.4, 0.5) is 0 Å². The summed E-state index contributed by atoms with van der Waals surface area (Å²) in [6.07, 6.45) is 7.68. The number of hydrogen-bond donors (Lipinski definition) is 2. The van der Waals surface area contributed by atoms with Crippen molar-refractivity contribution in [2.45, 2.75) is 77.1 Å². The molecule has 3 fully saturated rings. The van der Waals surface area contributed by atoms with E-state index in [0.717, 1.165) is 50.1 Å². The van der Waals surface area contributed by atoms with Gasteiger partial charge in [-0.05, 0) is 39.5 Å². The smallest absolute Gasteiger partial charge is 0.191 e. The van der Waals surface area contributed by atoms with Crippen molar-refractivity contribution in [3.8, 4) is 0 Å². The zero-order valence-electron chi connectivity index (χ0n) is 15.9. The van der Waals surface area contributed by atoms with Gasteiger partial charge in [-0.2, -0.15) is 5.10 Å². The Morgan fingerprint density at radius 1 is 1.35 bits per heavy atom. The second-order valence-corrected chi connectivity index (χ2v) is 8.41. The van der Waals surface area contributed by atoms with Crippen LogP contribution < -0.4 is 10.6 Å². The van der Waals surface area contributed by atoms with E-state index in [9.17, 15) is 0 Å². The van der Waals surface area contributed by atoms with E-state index in [4.69, 9.17) is 9.73 Å². The molecule has 0 aromatic carbocycles. The van der Waals surface area contributed by atoms with Gasteiger partial charge in [0.25, 0.3) is 0 Å². The summed E-state index contributed by atoms with van der Waals surface area (Å²) in [7, 11) is 0. The minimum Gasteiger partial charge on any atom is -0.377 e. The zero-order chi connectivity index (χ0) is 17.7. The normalized spacial score (nSPS) is 34.6. The first-order valence-corrected chi connectivity index (χ1v) is 10.3. The fraction of sp³-hybridized carbons (Fsp3) is 0.842. The number of ether oxygens (including phenoxy) is 1. The molecule has 0 bridgehead atoms. The second kappa shape index (κ2) is 6.22. The Morgan fingerprint density at radius 2 is 2.23 bits per heavy atom. The lowest BCUT2D eigenvalue weighted by atomic mass is 9.46. The Balaban J connectivity index is 1.27. The highest BCUT2D eigenvalue weighted by atomic mass is 16.5. The number of rotatable bonds is 3. The molecule has 4 atom stereocenters. The third kappa shape index (κ3) is 2.47. The van der Waals surface area contributed by atoms with Gasteiger partial charge in [0.15, 0.2) is 5.96 Å². The molecule has 2 saturated carbocycles. The SMILES string of the molecule is CCN=C(NC1CCc2nc(C)nn2C1)NC1C2CCOC2C12CCC2. The third-order valence-corrected chi connectivity index (χ3v) is 6.95. The Bertz CT molecular complexity index is 709. The lowest BCUT2D eigenvalue weighted by Crippen LogP contribution is -2.72. The summed E-state index contributed by atoms with van der Waals surface area (Å²) in [5, 5.41) is 12.0. The number of aromatic nitrogens is 3. The van der Waals surface area contributed by atoms with Gasteiger partial charge in [0, 0.05) is 43.0 Å². The molecule has 2 aliphatic carbocycles. The molecule has 4 unspecified atom stereocenters. The molecule has 26 heavy (non-hydrogen) atoms. The van der Waals surface area contributed by atoms with E-state index >= 15 is 0 Å². The van der Waals surface area contributed by atoms with Gasteiger partial charge in [0.1, 0.15) is 11.6 Å². The quantitative estimate of drug-likeness (QED) is 0.631. The maximum atomic E-state index is 6.05. The van der Waals surface area contributed by atoms with Crippen molar-refractivity contribution in [2.75, 3.05) is 13.2 Å². The fourth-order valence-electron chi connectivity index (χ4n) is 5.64. The number of aliphatic imine (C=N–C) groups is 1. The summed E-state index contributed by atoms with van der Waals surface area (Å²) in [6, 6.07) is 0.878. The monoisotopic (exact) mass is 358 g/mol. The van der Waals surface area contributed by atoms with E-state index in [0.29, 0.717) is 29.5 Å². The first kappa shape index (κ1) is 16.5. The van der Waals surface area contributed by atoms with Crippen LogP contribution in [0.15, 0.2) is 4.99 Å². The van der Waals surface area contributed by atoms with Crippen molar-refractivity contribution < 1.29 is 4.74 Å². The molecule has 1 aromatic heterocycles. The lowest BCUT2D eigenvalue weighted by molar-refractivity contribution is -0.171. The highest BCUT2D eigenvalue weighted by Gasteiger charge is 2.66. The van der Waals surface area contributed by atoms with Crippen molar-refractivity contribution in [1.82, 2.24) is 25.4 Å². The Morgan fingerprint density at radius 3 is 3.00 bits per heavy atom. The Labute approximate surface area is 155 Å². The van der Waals surface area contributed by atoms with Crippen LogP contribution in [0.2, 0.25) is 0 Å². The maximum absolute atomic E-state index is 6.05. The Hall–Kier alpha value is -1.63. The van der Waals surface area contributed by atoms with Gasteiger partial charge in [0.2, 0.25) is 0 Å². The number of guanidine groups is 1. The fourth-order valence-corrected chi connectivity index (χ4v) is 5.64. The molecule has 0 radical (unpaired) electrons. The minimum absolute atomic E-state index is 0.356.